The number of hydrogen-bond acceptors (Lipinski definition) is 7. The van der Waals surface area contributed by atoms with Crippen molar-refractivity contribution in [2.24, 2.45) is 0 Å². The second-order valence-electron chi connectivity index (χ2n) is 5.52. The van der Waals surface area contributed by atoms with Crippen LogP contribution in [-0.4, -0.2) is 43.2 Å². The normalized spacial score (nSPS) is 12.0. The van der Waals surface area contributed by atoms with Gasteiger partial charge in [0.25, 0.3) is 0 Å². The van der Waals surface area contributed by atoms with E-state index in [0.717, 1.165) is 5.56 Å². The molecule has 3 rings (SSSR count). The lowest BCUT2D eigenvalue weighted by Gasteiger charge is -2.18. The molecule has 0 saturated heterocycles. The fourth-order valence-corrected chi connectivity index (χ4v) is 2.54. The highest BCUT2D eigenvalue weighted by atomic mass is 35.5. The van der Waals surface area contributed by atoms with E-state index in [9.17, 15) is 5.11 Å². The summed E-state index contributed by atoms with van der Waals surface area (Å²) in [5.41, 5.74) is 1.61. The van der Waals surface area contributed by atoms with Crippen LogP contribution in [0.25, 0.3) is 0 Å². The minimum Gasteiger partial charge on any atom is -0.394 e. The molecule has 0 aliphatic rings. The SMILES string of the molecule is OCCn1cc(Nc2ncc(Cl)c(NC(CO)c3ccccc3)n2)cn1. The van der Waals surface area contributed by atoms with Crippen molar-refractivity contribution in [3.05, 3.63) is 59.5 Å². The van der Waals surface area contributed by atoms with Gasteiger partial charge in [-0.2, -0.15) is 10.1 Å². The van der Waals surface area contributed by atoms with Crippen LogP contribution in [-0.2, 0) is 6.54 Å². The Hall–Kier alpha value is -2.68. The van der Waals surface area contributed by atoms with E-state index < -0.39 is 0 Å². The number of aromatic nitrogens is 4. The van der Waals surface area contributed by atoms with E-state index in [1.54, 1.807) is 17.1 Å². The fourth-order valence-electron chi connectivity index (χ4n) is 2.40. The molecule has 26 heavy (non-hydrogen) atoms. The van der Waals surface area contributed by atoms with E-state index in [2.05, 4.69) is 25.7 Å². The number of benzene rings is 1. The van der Waals surface area contributed by atoms with Crippen molar-refractivity contribution in [3.63, 3.8) is 0 Å². The van der Waals surface area contributed by atoms with Crippen LogP contribution < -0.4 is 10.6 Å². The molecule has 2 aromatic heterocycles. The number of aliphatic hydroxyl groups is 2. The summed E-state index contributed by atoms with van der Waals surface area (Å²) >= 11 is 6.19. The van der Waals surface area contributed by atoms with Gasteiger partial charge in [-0.3, -0.25) is 4.68 Å². The van der Waals surface area contributed by atoms with E-state index in [-0.39, 0.29) is 19.3 Å². The van der Waals surface area contributed by atoms with E-state index >= 15 is 0 Å². The quantitative estimate of drug-likeness (QED) is 0.478. The van der Waals surface area contributed by atoms with Gasteiger partial charge in [0.05, 0.1) is 43.9 Å². The second kappa shape index (κ2) is 8.61. The van der Waals surface area contributed by atoms with Gasteiger partial charge in [0.1, 0.15) is 5.02 Å². The molecule has 0 spiro atoms. The first-order valence-electron chi connectivity index (χ1n) is 8.05. The van der Waals surface area contributed by atoms with E-state index in [0.29, 0.717) is 29.0 Å². The maximum Gasteiger partial charge on any atom is 0.229 e. The Morgan fingerprint density at radius 2 is 1.96 bits per heavy atom. The van der Waals surface area contributed by atoms with Crippen LogP contribution in [0.2, 0.25) is 5.02 Å². The highest BCUT2D eigenvalue weighted by Crippen LogP contribution is 2.25. The zero-order valence-corrected chi connectivity index (χ0v) is 14.6. The van der Waals surface area contributed by atoms with Crippen LogP contribution in [0.15, 0.2) is 48.9 Å². The van der Waals surface area contributed by atoms with Gasteiger partial charge in [-0.25, -0.2) is 4.98 Å². The van der Waals surface area contributed by atoms with Crippen LogP contribution in [0, 0.1) is 0 Å². The first-order valence-corrected chi connectivity index (χ1v) is 8.42. The van der Waals surface area contributed by atoms with Crippen LogP contribution in [0.5, 0.6) is 0 Å². The molecule has 0 amide bonds. The Morgan fingerprint density at radius 3 is 2.69 bits per heavy atom. The first-order chi connectivity index (χ1) is 12.7. The molecule has 0 aliphatic heterocycles. The number of anilines is 3. The monoisotopic (exact) mass is 374 g/mol. The first kappa shape index (κ1) is 18.1. The van der Waals surface area contributed by atoms with Gasteiger partial charge in [-0.15, -0.1) is 0 Å². The molecular formula is C17H19ClN6O2. The van der Waals surface area contributed by atoms with Crippen molar-refractivity contribution < 1.29 is 10.2 Å². The van der Waals surface area contributed by atoms with Gasteiger partial charge in [0.15, 0.2) is 5.82 Å². The molecule has 0 radical (unpaired) electrons. The number of hydrogen-bond donors (Lipinski definition) is 4. The van der Waals surface area contributed by atoms with Gasteiger partial charge < -0.3 is 20.8 Å². The van der Waals surface area contributed by atoms with E-state index in [4.69, 9.17) is 16.7 Å². The summed E-state index contributed by atoms with van der Waals surface area (Å²) in [5, 5.41) is 29.3. The van der Waals surface area contributed by atoms with E-state index in [1.807, 2.05) is 30.3 Å². The maximum atomic E-state index is 9.69. The largest absolute Gasteiger partial charge is 0.394 e. The van der Waals surface area contributed by atoms with Crippen LogP contribution >= 0.6 is 11.6 Å². The Kier molecular flexibility index (Phi) is 6.00. The zero-order valence-electron chi connectivity index (χ0n) is 13.9. The standard InChI is InChI=1S/C17H19ClN6O2/c18-14-9-19-17(21-13-8-20-24(10-13)6-7-25)23-16(14)22-15(11-26)12-4-2-1-3-5-12/h1-5,8-10,15,25-26H,6-7,11H2,(H2,19,21,22,23). The molecule has 9 heteroatoms. The maximum absolute atomic E-state index is 9.69. The molecule has 8 nitrogen and oxygen atoms in total. The highest BCUT2D eigenvalue weighted by molar-refractivity contribution is 6.32. The fraction of sp³-hybridized carbons (Fsp3) is 0.235. The van der Waals surface area contributed by atoms with Crippen molar-refractivity contribution in [2.75, 3.05) is 23.8 Å². The summed E-state index contributed by atoms with van der Waals surface area (Å²) in [5.74, 6) is 0.750. The van der Waals surface area contributed by atoms with Crippen molar-refractivity contribution in [2.45, 2.75) is 12.6 Å². The molecule has 0 aliphatic carbocycles. The molecule has 1 aromatic carbocycles. The van der Waals surface area contributed by atoms with Crippen molar-refractivity contribution in [1.82, 2.24) is 19.7 Å². The molecule has 1 unspecified atom stereocenters. The lowest BCUT2D eigenvalue weighted by atomic mass is 10.1. The molecule has 3 aromatic rings. The van der Waals surface area contributed by atoms with Gasteiger partial charge in [0, 0.05) is 6.20 Å². The third-order valence-corrected chi connectivity index (χ3v) is 3.93. The summed E-state index contributed by atoms with van der Waals surface area (Å²) < 4.78 is 1.61. The minimum atomic E-state index is -0.344. The summed E-state index contributed by atoms with van der Waals surface area (Å²) in [7, 11) is 0. The Balaban J connectivity index is 1.76. The molecule has 0 fully saturated rings. The minimum absolute atomic E-state index is 0.00860. The molecule has 2 heterocycles. The number of nitrogens with one attached hydrogen (secondary N) is 2. The van der Waals surface area contributed by atoms with Crippen LogP contribution in [0.1, 0.15) is 11.6 Å². The summed E-state index contributed by atoms with van der Waals surface area (Å²) in [6, 6.07) is 9.20. The summed E-state index contributed by atoms with van der Waals surface area (Å²) in [4.78, 5) is 8.53. The van der Waals surface area contributed by atoms with Gasteiger partial charge in [0.2, 0.25) is 5.95 Å². The smallest absolute Gasteiger partial charge is 0.229 e. The Morgan fingerprint density at radius 1 is 1.15 bits per heavy atom. The molecule has 1 atom stereocenters. The molecular weight excluding hydrogens is 356 g/mol. The highest BCUT2D eigenvalue weighted by Gasteiger charge is 2.14. The zero-order chi connectivity index (χ0) is 18.4. The summed E-state index contributed by atoms with van der Waals surface area (Å²) in [6.07, 6.45) is 4.83. The number of aliphatic hydroxyl groups excluding tert-OH is 2. The topological polar surface area (TPSA) is 108 Å². The predicted octanol–water partition coefficient (Wildman–Crippen LogP) is 2.21. The molecule has 4 N–H and O–H groups in total. The lowest BCUT2D eigenvalue weighted by molar-refractivity contribution is 0.269. The van der Waals surface area contributed by atoms with Crippen LogP contribution in [0.3, 0.4) is 0 Å². The van der Waals surface area contributed by atoms with Crippen molar-refractivity contribution in [1.29, 1.82) is 0 Å². The lowest BCUT2D eigenvalue weighted by Crippen LogP contribution is -2.16. The number of rotatable bonds is 8. The molecule has 0 saturated carbocycles. The van der Waals surface area contributed by atoms with Gasteiger partial charge in [-0.05, 0) is 5.56 Å². The average Bonchev–Trinajstić information content (AvgIpc) is 3.10. The average molecular weight is 375 g/mol. The number of halogens is 1. The predicted molar refractivity (Wildman–Crippen MR) is 99.5 cm³/mol. The molecule has 136 valence electrons. The van der Waals surface area contributed by atoms with Crippen LogP contribution in [0.4, 0.5) is 17.5 Å². The van der Waals surface area contributed by atoms with Gasteiger partial charge >= 0.3 is 0 Å². The molecule has 0 bridgehead atoms. The Labute approximate surface area is 155 Å². The van der Waals surface area contributed by atoms with Crippen molar-refractivity contribution in [3.8, 4) is 0 Å². The second-order valence-corrected chi connectivity index (χ2v) is 5.93. The summed E-state index contributed by atoms with van der Waals surface area (Å²) in [6.45, 7) is 0.306. The third kappa shape index (κ3) is 4.48. The third-order valence-electron chi connectivity index (χ3n) is 3.66. The Bertz CT molecular complexity index is 842. The number of nitrogens with zero attached hydrogens (tertiary/aromatic N) is 4. The van der Waals surface area contributed by atoms with Crippen molar-refractivity contribution >= 4 is 29.1 Å². The van der Waals surface area contributed by atoms with E-state index in [1.165, 1.54) is 6.20 Å². The van der Waals surface area contributed by atoms with Gasteiger partial charge in [-0.1, -0.05) is 41.9 Å².